The molecule has 1 fully saturated rings. The van der Waals surface area contributed by atoms with Crippen molar-refractivity contribution in [2.24, 2.45) is 5.92 Å². The highest BCUT2D eigenvalue weighted by Gasteiger charge is 2.32. The lowest BCUT2D eigenvalue weighted by atomic mass is 10.2. The zero-order valence-electron chi connectivity index (χ0n) is 11.7. The molecule has 0 aliphatic carbocycles. The number of carbonyl (C=O) groups is 4. The van der Waals surface area contributed by atoms with Crippen LogP contribution >= 0.6 is 11.8 Å². The minimum atomic E-state index is -0.664. The monoisotopic (exact) mass is 302 g/mol. The predicted molar refractivity (Wildman–Crippen MR) is 72.4 cm³/mol. The molecular formula is C12H18N2O5S. The van der Waals surface area contributed by atoms with Crippen molar-refractivity contribution in [1.82, 2.24) is 9.96 Å². The Morgan fingerprint density at radius 2 is 1.85 bits per heavy atom. The molecule has 0 aromatic rings. The van der Waals surface area contributed by atoms with Gasteiger partial charge >= 0.3 is 5.97 Å². The molecule has 0 aromatic carbocycles. The number of thioether (sulfide) groups is 1. The predicted octanol–water partition coefficient (Wildman–Crippen LogP) is 0.0511. The highest BCUT2D eigenvalue weighted by Crippen LogP contribution is 2.14. The van der Waals surface area contributed by atoms with E-state index in [9.17, 15) is 19.2 Å². The second-order valence-electron chi connectivity index (χ2n) is 4.69. The van der Waals surface area contributed by atoms with Crippen LogP contribution < -0.4 is 0 Å². The highest BCUT2D eigenvalue weighted by atomic mass is 32.2. The second kappa shape index (κ2) is 7.28. The van der Waals surface area contributed by atoms with Gasteiger partial charge in [0, 0.05) is 38.6 Å². The molecule has 1 aliphatic heterocycles. The molecule has 0 N–H and O–H groups in total. The Bertz CT molecular complexity index is 408. The number of rotatable bonds is 6. The van der Waals surface area contributed by atoms with Gasteiger partial charge in [0.1, 0.15) is 0 Å². The van der Waals surface area contributed by atoms with E-state index in [0.29, 0.717) is 10.8 Å². The molecule has 1 aliphatic rings. The van der Waals surface area contributed by atoms with Gasteiger partial charge in [-0.3, -0.25) is 14.4 Å². The number of nitrogens with zero attached hydrogens (tertiary/aromatic N) is 2. The summed E-state index contributed by atoms with van der Waals surface area (Å²) >= 11 is 1.23. The zero-order valence-corrected chi connectivity index (χ0v) is 12.6. The first-order chi connectivity index (χ1) is 9.32. The minimum absolute atomic E-state index is 0.0118. The van der Waals surface area contributed by atoms with E-state index < -0.39 is 17.8 Å². The summed E-state index contributed by atoms with van der Waals surface area (Å²) < 4.78 is 0. The first kappa shape index (κ1) is 16.5. The van der Waals surface area contributed by atoms with Crippen molar-refractivity contribution in [3.63, 3.8) is 0 Å². The van der Waals surface area contributed by atoms with Gasteiger partial charge in [-0.25, -0.2) is 4.79 Å². The van der Waals surface area contributed by atoms with E-state index in [2.05, 4.69) is 0 Å². The molecule has 1 saturated heterocycles. The standard InChI is InChI=1S/C12H18N2O5S/c1-8(12(18)13(2)3)6-20-7-11(17)19-14-9(15)4-5-10(14)16/h8H,4-7H2,1-3H3. The van der Waals surface area contributed by atoms with Gasteiger partial charge in [0.05, 0.1) is 5.75 Å². The zero-order chi connectivity index (χ0) is 15.3. The summed E-state index contributed by atoms with van der Waals surface area (Å²) in [5.74, 6) is -1.43. The van der Waals surface area contributed by atoms with Crippen molar-refractivity contribution in [3.8, 4) is 0 Å². The molecule has 7 nitrogen and oxygen atoms in total. The molecule has 20 heavy (non-hydrogen) atoms. The Kier molecular flexibility index (Phi) is 6.00. The van der Waals surface area contributed by atoms with Crippen LogP contribution in [0.2, 0.25) is 0 Å². The van der Waals surface area contributed by atoms with Crippen LogP contribution in [0, 0.1) is 5.92 Å². The molecule has 0 bridgehead atoms. The molecular weight excluding hydrogens is 284 g/mol. The van der Waals surface area contributed by atoms with E-state index in [1.54, 1.807) is 21.0 Å². The highest BCUT2D eigenvalue weighted by molar-refractivity contribution is 7.99. The first-order valence-corrected chi connectivity index (χ1v) is 7.34. The molecule has 1 atom stereocenters. The quantitative estimate of drug-likeness (QED) is 0.645. The van der Waals surface area contributed by atoms with Crippen LogP contribution in [0.15, 0.2) is 0 Å². The van der Waals surface area contributed by atoms with Gasteiger partial charge < -0.3 is 9.74 Å². The molecule has 0 spiro atoms. The number of hydrogen-bond acceptors (Lipinski definition) is 6. The average Bonchev–Trinajstić information content (AvgIpc) is 2.69. The lowest BCUT2D eigenvalue weighted by Gasteiger charge is -2.16. The SMILES string of the molecule is CC(CSCC(=O)ON1C(=O)CCC1=O)C(=O)N(C)C. The molecule has 1 rings (SSSR count). The van der Waals surface area contributed by atoms with Crippen LogP contribution in [-0.2, 0) is 24.0 Å². The normalized spacial score (nSPS) is 16.2. The van der Waals surface area contributed by atoms with Crippen molar-refractivity contribution >= 4 is 35.5 Å². The lowest BCUT2D eigenvalue weighted by molar-refractivity contribution is -0.195. The van der Waals surface area contributed by atoms with Gasteiger partial charge in [0.15, 0.2) is 0 Å². The Labute approximate surface area is 121 Å². The van der Waals surface area contributed by atoms with Crippen LogP contribution in [0.5, 0.6) is 0 Å². The van der Waals surface area contributed by atoms with E-state index in [-0.39, 0.29) is 30.4 Å². The van der Waals surface area contributed by atoms with E-state index >= 15 is 0 Å². The fraction of sp³-hybridized carbons (Fsp3) is 0.667. The molecule has 8 heteroatoms. The first-order valence-electron chi connectivity index (χ1n) is 6.18. The maximum absolute atomic E-state index is 11.6. The maximum Gasteiger partial charge on any atom is 0.342 e. The molecule has 3 amide bonds. The number of amides is 3. The van der Waals surface area contributed by atoms with Gasteiger partial charge in [-0.1, -0.05) is 6.92 Å². The van der Waals surface area contributed by atoms with E-state index in [0.717, 1.165) is 0 Å². The topological polar surface area (TPSA) is 84.0 Å². The van der Waals surface area contributed by atoms with Gasteiger partial charge in [0.2, 0.25) is 5.91 Å². The Balaban J connectivity index is 2.29. The largest absolute Gasteiger partial charge is 0.349 e. The summed E-state index contributed by atoms with van der Waals surface area (Å²) in [6.07, 6.45) is 0.154. The van der Waals surface area contributed by atoms with Crippen molar-refractivity contribution in [1.29, 1.82) is 0 Å². The third kappa shape index (κ3) is 4.52. The third-order valence-corrected chi connectivity index (χ3v) is 3.82. The van der Waals surface area contributed by atoms with Crippen molar-refractivity contribution < 1.29 is 24.0 Å². The summed E-state index contributed by atoms with van der Waals surface area (Å²) in [5.41, 5.74) is 0. The van der Waals surface area contributed by atoms with Crippen LogP contribution in [0.3, 0.4) is 0 Å². The molecule has 112 valence electrons. The third-order valence-electron chi connectivity index (χ3n) is 2.65. The van der Waals surface area contributed by atoms with E-state index in [1.807, 2.05) is 0 Å². The maximum atomic E-state index is 11.6. The number of carbonyl (C=O) groups excluding carboxylic acids is 4. The molecule has 0 aromatic heterocycles. The molecule has 1 heterocycles. The smallest absolute Gasteiger partial charge is 0.342 e. The van der Waals surface area contributed by atoms with Gasteiger partial charge in [-0.2, -0.15) is 0 Å². The molecule has 1 unspecified atom stereocenters. The minimum Gasteiger partial charge on any atom is -0.349 e. The fourth-order valence-electron chi connectivity index (χ4n) is 1.62. The fourth-order valence-corrected chi connectivity index (χ4v) is 2.45. The Morgan fingerprint density at radius 3 is 2.35 bits per heavy atom. The average molecular weight is 302 g/mol. The van der Waals surface area contributed by atoms with Crippen LogP contribution in [0.25, 0.3) is 0 Å². The van der Waals surface area contributed by atoms with Gasteiger partial charge in [-0.15, -0.1) is 16.8 Å². The van der Waals surface area contributed by atoms with E-state index in [4.69, 9.17) is 4.84 Å². The number of hydrogen-bond donors (Lipinski definition) is 0. The summed E-state index contributed by atoms with van der Waals surface area (Å²) in [5, 5.41) is 0.525. The van der Waals surface area contributed by atoms with E-state index in [1.165, 1.54) is 16.7 Å². The summed E-state index contributed by atoms with van der Waals surface area (Å²) in [6, 6.07) is 0. The van der Waals surface area contributed by atoms with Crippen molar-refractivity contribution in [2.45, 2.75) is 19.8 Å². The number of hydroxylamine groups is 2. The summed E-state index contributed by atoms with van der Waals surface area (Å²) in [6.45, 7) is 1.77. The number of imide groups is 1. The summed E-state index contributed by atoms with van der Waals surface area (Å²) in [7, 11) is 3.34. The summed E-state index contributed by atoms with van der Waals surface area (Å²) in [4.78, 5) is 51.7. The second-order valence-corrected chi connectivity index (χ2v) is 5.72. The van der Waals surface area contributed by atoms with Crippen LogP contribution in [-0.4, -0.2) is 59.3 Å². The Hall–Kier alpha value is -1.57. The van der Waals surface area contributed by atoms with Gasteiger partial charge in [0.25, 0.3) is 11.8 Å². The van der Waals surface area contributed by atoms with Crippen molar-refractivity contribution in [3.05, 3.63) is 0 Å². The van der Waals surface area contributed by atoms with Crippen LogP contribution in [0.4, 0.5) is 0 Å². The van der Waals surface area contributed by atoms with Crippen molar-refractivity contribution in [2.75, 3.05) is 25.6 Å². The van der Waals surface area contributed by atoms with Crippen LogP contribution in [0.1, 0.15) is 19.8 Å². The van der Waals surface area contributed by atoms with Gasteiger partial charge in [-0.05, 0) is 0 Å². The molecule has 0 saturated carbocycles. The molecule has 0 radical (unpaired) electrons. The lowest BCUT2D eigenvalue weighted by Crippen LogP contribution is -2.33. The Morgan fingerprint density at radius 1 is 1.30 bits per heavy atom.